The van der Waals surface area contributed by atoms with Gasteiger partial charge in [0.25, 0.3) is 5.95 Å². The monoisotopic (exact) mass is 490 g/mol. The summed E-state index contributed by atoms with van der Waals surface area (Å²) in [5.74, 6) is 1.13. The van der Waals surface area contributed by atoms with Crippen molar-refractivity contribution < 1.29 is 23.4 Å². The Balaban J connectivity index is 1.64. The fourth-order valence-corrected chi connectivity index (χ4v) is 4.50. The molecule has 2 aromatic heterocycles. The Morgan fingerprint density at radius 3 is 2.47 bits per heavy atom. The molecule has 10 nitrogen and oxygen atoms in total. The molecular weight excluding hydrogens is 467 g/mol. The molecule has 184 valence electrons. The summed E-state index contributed by atoms with van der Waals surface area (Å²) in [6.45, 7) is 1.85. The van der Waals surface area contributed by atoms with Gasteiger partial charge >= 0.3 is 0 Å². The standard InChI is InChI=1S/C25H23FN6O4/c1-13-21-17(16-9-10-19(34-2)23(36-4)22(16)35-3)11-20(33)29-24(21)32(31-13)25-28-18(12-27-30-25)14-5-7-15(26)8-6-14/h5-10,12,17H,11H2,1-4H3,(H,29,33)/t17-/m0/s1. The van der Waals surface area contributed by atoms with Gasteiger partial charge in [-0.3, -0.25) is 4.79 Å². The number of anilines is 1. The van der Waals surface area contributed by atoms with Crippen molar-refractivity contribution >= 4 is 11.7 Å². The zero-order valence-electron chi connectivity index (χ0n) is 20.1. The molecule has 4 aromatic rings. The molecular formula is C25H23FN6O4. The quantitative estimate of drug-likeness (QED) is 0.436. The van der Waals surface area contributed by atoms with Gasteiger partial charge in [0.2, 0.25) is 11.7 Å². The summed E-state index contributed by atoms with van der Waals surface area (Å²) in [5, 5.41) is 15.7. The maximum absolute atomic E-state index is 13.4. The fraction of sp³-hybridized carbons (Fsp3) is 0.240. The predicted octanol–water partition coefficient (Wildman–Crippen LogP) is 3.67. The maximum atomic E-state index is 13.4. The number of nitrogens with zero attached hydrogens (tertiary/aromatic N) is 5. The first kappa shape index (κ1) is 23.2. The van der Waals surface area contributed by atoms with Gasteiger partial charge in [-0.15, -0.1) is 5.10 Å². The average molecular weight is 490 g/mol. The molecule has 0 aliphatic carbocycles. The van der Waals surface area contributed by atoms with Gasteiger partial charge in [-0.1, -0.05) is 6.07 Å². The van der Waals surface area contributed by atoms with E-state index in [0.29, 0.717) is 40.0 Å². The van der Waals surface area contributed by atoms with Gasteiger partial charge in [-0.05, 0) is 37.3 Å². The average Bonchev–Trinajstić information content (AvgIpc) is 3.23. The van der Waals surface area contributed by atoms with Gasteiger partial charge in [-0.2, -0.15) is 14.9 Å². The molecule has 0 fully saturated rings. The molecule has 5 rings (SSSR count). The number of ether oxygens (including phenoxy) is 3. The van der Waals surface area contributed by atoms with Crippen LogP contribution in [0.15, 0.2) is 42.6 Å². The Bertz CT molecular complexity index is 1450. The number of hydrogen-bond donors (Lipinski definition) is 1. The van der Waals surface area contributed by atoms with Gasteiger partial charge in [0, 0.05) is 29.0 Å². The van der Waals surface area contributed by atoms with E-state index in [0.717, 1.165) is 11.1 Å². The minimum Gasteiger partial charge on any atom is -0.493 e. The summed E-state index contributed by atoms with van der Waals surface area (Å²) >= 11 is 0. The SMILES string of the molecule is COc1ccc([C@@H]2CC(=O)Nc3c2c(C)nn3-c2nncc(-c3ccc(F)cc3)n2)c(OC)c1OC. The smallest absolute Gasteiger partial charge is 0.272 e. The lowest BCUT2D eigenvalue weighted by atomic mass is 9.85. The van der Waals surface area contributed by atoms with E-state index in [1.807, 2.05) is 13.0 Å². The number of hydrogen-bond acceptors (Lipinski definition) is 8. The number of benzene rings is 2. The van der Waals surface area contributed by atoms with Crippen LogP contribution in [0.25, 0.3) is 17.2 Å². The first-order valence-electron chi connectivity index (χ1n) is 11.1. The summed E-state index contributed by atoms with van der Waals surface area (Å²) < 4.78 is 31.5. The van der Waals surface area contributed by atoms with E-state index in [4.69, 9.17) is 14.2 Å². The predicted molar refractivity (Wildman–Crippen MR) is 128 cm³/mol. The van der Waals surface area contributed by atoms with E-state index >= 15 is 0 Å². The lowest BCUT2D eigenvalue weighted by molar-refractivity contribution is -0.116. The van der Waals surface area contributed by atoms with E-state index in [-0.39, 0.29) is 30.0 Å². The molecule has 11 heteroatoms. The van der Waals surface area contributed by atoms with Crippen molar-refractivity contribution in [1.82, 2.24) is 25.0 Å². The number of rotatable bonds is 6. The molecule has 0 saturated carbocycles. The summed E-state index contributed by atoms with van der Waals surface area (Å²) in [6, 6.07) is 9.54. The van der Waals surface area contributed by atoms with E-state index in [1.165, 1.54) is 30.1 Å². The molecule has 1 atom stereocenters. The number of nitrogens with one attached hydrogen (secondary N) is 1. The van der Waals surface area contributed by atoms with Crippen molar-refractivity contribution in [3.63, 3.8) is 0 Å². The maximum Gasteiger partial charge on any atom is 0.272 e. The molecule has 0 bridgehead atoms. The zero-order valence-corrected chi connectivity index (χ0v) is 20.1. The second-order valence-electron chi connectivity index (χ2n) is 8.14. The summed E-state index contributed by atoms with van der Waals surface area (Å²) in [4.78, 5) is 17.4. The molecule has 0 radical (unpaired) electrons. The molecule has 1 aliphatic rings. The summed E-state index contributed by atoms with van der Waals surface area (Å²) in [5.41, 5.74) is 3.40. The van der Waals surface area contributed by atoms with Crippen molar-refractivity contribution in [1.29, 1.82) is 0 Å². The largest absolute Gasteiger partial charge is 0.493 e. The molecule has 3 heterocycles. The van der Waals surface area contributed by atoms with E-state index in [2.05, 4.69) is 25.6 Å². The molecule has 1 amide bonds. The first-order valence-corrected chi connectivity index (χ1v) is 11.1. The number of fused-ring (bicyclic) bond motifs is 1. The second-order valence-corrected chi connectivity index (χ2v) is 8.14. The number of carbonyl (C=O) groups is 1. The molecule has 1 N–H and O–H groups in total. The minimum atomic E-state index is -0.370. The van der Waals surface area contributed by atoms with Crippen molar-refractivity contribution in [2.75, 3.05) is 26.6 Å². The highest BCUT2D eigenvalue weighted by molar-refractivity contribution is 5.95. The van der Waals surface area contributed by atoms with E-state index in [1.54, 1.807) is 32.4 Å². The molecule has 2 aromatic carbocycles. The number of aryl methyl sites for hydroxylation is 1. The number of methoxy groups -OCH3 is 3. The van der Waals surface area contributed by atoms with Crippen LogP contribution in [0.2, 0.25) is 0 Å². The van der Waals surface area contributed by atoms with Gasteiger partial charge < -0.3 is 19.5 Å². The molecule has 36 heavy (non-hydrogen) atoms. The Hall–Kier alpha value is -4.54. The summed E-state index contributed by atoms with van der Waals surface area (Å²) in [7, 11) is 4.62. The number of halogens is 1. The second kappa shape index (κ2) is 9.25. The van der Waals surface area contributed by atoms with Crippen molar-refractivity contribution in [3.05, 3.63) is 65.2 Å². The number of carbonyl (C=O) groups excluding carboxylic acids is 1. The zero-order chi connectivity index (χ0) is 25.4. The Morgan fingerprint density at radius 2 is 1.78 bits per heavy atom. The van der Waals surface area contributed by atoms with Crippen LogP contribution >= 0.6 is 0 Å². The highest BCUT2D eigenvalue weighted by Crippen LogP contribution is 2.48. The topological polar surface area (TPSA) is 113 Å². The van der Waals surface area contributed by atoms with E-state index in [9.17, 15) is 9.18 Å². The van der Waals surface area contributed by atoms with Crippen molar-refractivity contribution in [2.45, 2.75) is 19.3 Å². The van der Waals surface area contributed by atoms with Gasteiger partial charge in [0.05, 0.1) is 38.9 Å². The van der Waals surface area contributed by atoms with Gasteiger partial charge in [-0.25, -0.2) is 9.37 Å². The van der Waals surface area contributed by atoms with Crippen LogP contribution in [0.3, 0.4) is 0 Å². The highest BCUT2D eigenvalue weighted by Gasteiger charge is 2.36. The van der Waals surface area contributed by atoms with Crippen LogP contribution in [0.4, 0.5) is 10.2 Å². The third kappa shape index (κ3) is 3.88. The Morgan fingerprint density at radius 1 is 1.03 bits per heavy atom. The Kier molecular flexibility index (Phi) is 5.96. The molecule has 1 aliphatic heterocycles. The number of aromatic nitrogens is 5. The van der Waals surface area contributed by atoms with Crippen LogP contribution < -0.4 is 19.5 Å². The first-order chi connectivity index (χ1) is 17.4. The van der Waals surface area contributed by atoms with Crippen LogP contribution in [-0.2, 0) is 4.79 Å². The summed E-state index contributed by atoms with van der Waals surface area (Å²) in [6.07, 6.45) is 1.66. The normalized spacial score (nSPS) is 14.7. The lowest BCUT2D eigenvalue weighted by Crippen LogP contribution is -2.25. The lowest BCUT2D eigenvalue weighted by Gasteiger charge is -2.26. The fourth-order valence-electron chi connectivity index (χ4n) is 4.50. The molecule has 0 spiro atoms. The number of amides is 1. The molecule has 0 unspecified atom stereocenters. The van der Waals surface area contributed by atoms with Crippen LogP contribution in [0, 0.1) is 12.7 Å². The molecule has 0 saturated heterocycles. The third-order valence-electron chi connectivity index (χ3n) is 6.09. The van der Waals surface area contributed by atoms with Gasteiger partial charge in [0.1, 0.15) is 11.6 Å². The Labute approximate surface area is 206 Å². The van der Waals surface area contributed by atoms with Crippen LogP contribution in [0.1, 0.15) is 29.2 Å². The van der Waals surface area contributed by atoms with Crippen LogP contribution in [-0.4, -0.2) is 52.2 Å². The van der Waals surface area contributed by atoms with Gasteiger partial charge in [0.15, 0.2) is 11.5 Å². The van der Waals surface area contributed by atoms with Crippen molar-refractivity contribution in [3.8, 4) is 34.5 Å². The van der Waals surface area contributed by atoms with E-state index < -0.39 is 0 Å². The third-order valence-corrected chi connectivity index (χ3v) is 6.09. The minimum absolute atomic E-state index is 0.168. The highest BCUT2D eigenvalue weighted by atomic mass is 19.1. The van der Waals surface area contributed by atoms with Crippen LogP contribution in [0.5, 0.6) is 17.2 Å². The van der Waals surface area contributed by atoms with Crippen molar-refractivity contribution in [2.24, 2.45) is 0 Å².